The lowest BCUT2D eigenvalue weighted by atomic mass is 9.76. The first-order chi connectivity index (χ1) is 19.9. The van der Waals surface area contributed by atoms with Gasteiger partial charge in [-0.15, -0.1) is 0 Å². The second-order valence-corrected chi connectivity index (χ2v) is 13.1. The summed E-state index contributed by atoms with van der Waals surface area (Å²) >= 11 is 0. The van der Waals surface area contributed by atoms with Gasteiger partial charge >= 0.3 is 5.97 Å². The van der Waals surface area contributed by atoms with E-state index in [4.69, 9.17) is 4.74 Å². The van der Waals surface area contributed by atoms with Crippen LogP contribution in [-0.4, -0.2) is 64.6 Å². The van der Waals surface area contributed by atoms with Crippen molar-refractivity contribution in [1.82, 2.24) is 14.7 Å². The maximum atomic E-state index is 15.0. The molecule has 226 valence electrons. The number of piperazine rings is 1. The fraction of sp³-hybridized carbons (Fsp3) is 0.606. The van der Waals surface area contributed by atoms with E-state index in [0.29, 0.717) is 24.0 Å². The predicted octanol–water partition coefficient (Wildman–Crippen LogP) is 5.28. The Labute approximate surface area is 248 Å². The number of aromatic nitrogens is 2. The van der Waals surface area contributed by atoms with E-state index in [9.17, 15) is 15.2 Å². The number of aliphatic hydroxyl groups excluding tert-OH is 1. The molecule has 1 aliphatic carbocycles. The Morgan fingerprint density at radius 2 is 1.88 bits per heavy atom. The molecule has 1 aromatic heterocycles. The van der Waals surface area contributed by atoms with Crippen LogP contribution in [0.15, 0.2) is 29.5 Å². The number of aryl methyl sites for hydroxylation is 3. The molecule has 0 amide bonds. The number of hydrogen-bond acceptors (Lipinski definition) is 7. The third kappa shape index (κ3) is 5.78. The maximum Gasteiger partial charge on any atom is 0.338 e. The summed E-state index contributed by atoms with van der Waals surface area (Å²) in [6, 6.07) is 7.20. The lowest BCUT2D eigenvalue weighted by Gasteiger charge is -2.42. The van der Waals surface area contributed by atoms with Crippen LogP contribution >= 0.6 is 0 Å². The van der Waals surface area contributed by atoms with Crippen LogP contribution in [0.4, 0.5) is 10.2 Å². The Balaban J connectivity index is 1.39. The van der Waals surface area contributed by atoms with Gasteiger partial charge in [-0.05, 0) is 71.0 Å². The van der Waals surface area contributed by atoms with E-state index in [1.807, 2.05) is 24.7 Å². The fourth-order valence-corrected chi connectivity index (χ4v) is 7.11. The molecule has 42 heavy (non-hydrogen) atoms. The summed E-state index contributed by atoms with van der Waals surface area (Å²) in [5, 5.41) is 25.6. The Kier molecular flexibility index (Phi) is 8.39. The second-order valence-electron chi connectivity index (χ2n) is 13.1. The molecule has 2 aromatic rings. The molecule has 1 unspecified atom stereocenters. The molecule has 1 atom stereocenters. The number of rotatable bonds is 8. The van der Waals surface area contributed by atoms with E-state index in [2.05, 4.69) is 28.0 Å². The molecule has 8 nitrogen and oxygen atoms in total. The minimum atomic E-state index is -0.920. The molecular formula is C33H44FN5O3. The summed E-state index contributed by atoms with van der Waals surface area (Å²) < 4.78 is 23.2. The van der Waals surface area contributed by atoms with Gasteiger partial charge in [-0.3, -0.25) is 4.68 Å². The van der Waals surface area contributed by atoms with E-state index >= 15 is 4.39 Å². The average Bonchev–Trinajstić information content (AvgIpc) is 3.58. The Bertz CT molecular complexity index is 1410. The number of carbonyl (C=O) groups excluding carboxylic acids is 1. The first-order valence-electron chi connectivity index (χ1n) is 15.2. The minimum Gasteiger partial charge on any atom is -0.512 e. The first kappa shape index (κ1) is 30.1. The van der Waals surface area contributed by atoms with Crippen LogP contribution in [0.1, 0.15) is 74.8 Å². The van der Waals surface area contributed by atoms with Crippen molar-refractivity contribution in [1.29, 1.82) is 5.26 Å². The molecule has 0 radical (unpaired) electrons. The van der Waals surface area contributed by atoms with E-state index in [1.54, 1.807) is 19.9 Å². The van der Waals surface area contributed by atoms with E-state index in [0.717, 1.165) is 74.5 Å². The number of nitrogens with zero attached hydrogens (tertiary/aromatic N) is 5. The highest BCUT2D eigenvalue weighted by Gasteiger charge is 2.48. The normalized spacial score (nSPS) is 22.5. The third-order valence-electron chi connectivity index (χ3n) is 9.75. The zero-order valence-corrected chi connectivity index (χ0v) is 25.7. The highest BCUT2D eigenvalue weighted by atomic mass is 19.1. The summed E-state index contributed by atoms with van der Waals surface area (Å²) in [7, 11) is 4.05. The van der Waals surface area contributed by atoms with Crippen molar-refractivity contribution in [3.8, 4) is 6.07 Å². The topological polar surface area (TPSA) is 94.6 Å². The molecule has 1 aromatic carbocycles. The summed E-state index contributed by atoms with van der Waals surface area (Å²) in [5.74, 6) is 0.375. The molecule has 0 bridgehead atoms. The number of nitriles is 1. The quantitative estimate of drug-likeness (QED) is 0.427. The van der Waals surface area contributed by atoms with Crippen LogP contribution in [0.2, 0.25) is 0 Å². The SMILES string of the molecule is Cc1nn(C)c(N2CCN(C)CC2)c1CC1=C(O)CC(CCc2ccc(C(C)(C)C#N)c(F)c2)(C2CCCC2)OC1=O. The van der Waals surface area contributed by atoms with Crippen molar-refractivity contribution >= 4 is 11.8 Å². The van der Waals surface area contributed by atoms with Crippen molar-refractivity contribution in [2.24, 2.45) is 13.0 Å². The predicted molar refractivity (Wildman–Crippen MR) is 160 cm³/mol. The molecule has 0 spiro atoms. The number of benzene rings is 1. The minimum absolute atomic E-state index is 0.100. The molecule has 2 aliphatic heterocycles. The van der Waals surface area contributed by atoms with Crippen LogP contribution in [0.5, 0.6) is 0 Å². The van der Waals surface area contributed by atoms with Gasteiger partial charge in [-0.2, -0.15) is 10.4 Å². The monoisotopic (exact) mass is 577 g/mol. The zero-order valence-electron chi connectivity index (χ0n) is 25.7. The largest absolute Gasteiger partial charge is 0.512 e. The summed E-state index contributed by atoms with van der Waals surface area (Å²) in [6.07, 6.45) is 5.56. The molecule has 1 saturated carbocycles. The molecule has 2 fully saturated rings. The van der Waals surface area contributed by atoms with Crippen molar-refractivity contribution in [3.05, 3.63) is 57.7 Å². The molecule has 1 saturated heterocycles. The van der Waals surface area contributed by atoms with Crippen LogP contribution < -0.4 is 4.90 Å². The summed E-state index contributed by atoms with van der Waals surface area (Å²) in [4.78, 5) is 18.3. The number of anilines is 1. The van der Waals surface area contributed by atoms with Gasteiger partial charge in [-0.25, -0.2) is 9.18 Å². The van der Waals surface area contributed by atoms with Gasteiger partial charge < -0.3 is 19.6 Å². The number of esters is 1. The Hall–Kier alpha value is -3.38. The van der Waals surface area contributed by atoms with Gasteiger partial charge in [0.25, 0.3) is 0 Å². The fourth-order valence-electron chi connectivity index (χ4n) is 7.11. The van der Waals surface area contributed by atoms with E-state index < -0.39 is 22.8 Å². The summed E-state index contributed by atoms with van der Waals surface area (Å²) in [5.41, 5.74) is 1.51. The van der Waals surface area contributed by atoms with Crippen LogP contribution in [0.25, 0.3) is 0 Å². The Morgan fingerprint density at radius 3 is 2.50 bits per heavy atom. The maximum absolute atomic E-state index is 15.0. The zero-order chi connectivity index (χ0) is 30.2. The standard InChI is InChI=1S/C33H44FN5O3/c1-22-25(30(38(5)36-22)39-16-14-37(4)15-17-39)19-26-29(40)20-33(42-31(26)41,24-8-6-7-9-24)13-12-23-10-11-27(28(34)18-23)32(2,3)21-35/h10-11,18,24,40H,6-9,12-17,19-20H2,1-5H3. The molecule has 3 heterocycles. The second kappa shape index (κ2) is 11.7. The molecule has 1 N–H and O–H groups in total. The van der Waals surface area contributed by atoms with Gasteiger partial charge in [0.15, 0.2) is 0 Å². The number of likely N-dealkylation sites (N-methyl/N-ethyl adjacent to an activating group) is 1. The van der Waals surface area contributed by atoms with E-state index in [1.165, 1.54) is 6.07 Å². The van der Waals surface area contributed by atoms with Crippen molar-refractivity contribution in [3.63, 3.8) is 0 Å². The number of carbonyl (C=O) groups is 1. The molecule has 9 heteroatoms. The van der Waals surface area contributed by atoms with Gasteiger partial charge in [0, 0.05) is 57.2 Å². The molecule has 3 aliphatic rings. The number of ether oxygens (including phenoxy) is 1. The number of cyclic esters (lactones) is 1. The van der Waals surface area contributed by atoms with Gasteiger partial charge in [0.05, 0.1) is 22.8 Å². The van der Waals surface area contributed by atoms with Gasteiger partial charge in [0.1, 0.15) is 23.0 Å². The van der Waals surface area contributed by atoms with E-state index in [-0.39, 0.29) is 24.5 Å². The molecular weight excluding hydrogens is 533 g/mol. The van der Waals surface area contributed by atoms with Gasteiger partial charge in [0.2, 0.25) is 0 Å². The van der Waals surface area contributed by atoms with Crippen molar-refractivity contribution in [2.75, 3.05) is 38.1 Å². The Morgan fingerprint density at radius 1 is 1.19 bits per heavy atom. The third-order valence-corrected chi connectivity index (χ3v) is 9.75. The highest BCUT2D eigenvalue weighted by molar-refractivity contribution is 5.91. The number of hydrogen-bond donors (Lipinski definition) is 1. The lowest BCUT2D eigenvalue weighted by molar-refractivity contribution is -0.167. The molecule has 5 rings (SSSR count). The highest BCUT2D eigenvalue weighted by Crippen LogP contribution is 2.46. The van der Waals surface area contributed by atoms with Crippen LogP contribution in [0.3, 0.4) is 0 Å². The first-order valence-corrected chi connectivity index (χ1v) is 15.2. The summed E-state index contributed by atoms with van der Waals surface area (Å²) in [6.45, 7) is 9.01. The van der Waals surface area contributed by atoms with Crippen LogP contribution in [0, 0.1) is 30.0 Å². The van der Waals surface area contributed by atoms with Gasteiger partial charge in [-0.1, -0.05) is 25.0 Å². The lowest BCUT2D eigenvalue weighted by Crippen LogP contribution is -2.46. The average molecular weight is 578 g/mol. The number of halogens is 1. The number of aliphatic hydroxyl groups is 1. The van der Waals surface area contributed by atoms with Crippen molar-refractivity contribution in [2.45, 2.75) is 83.2 Å². The van der Waals surface area contributed by atoms with Crippen LogP contribution in [-0.2, 0) is 34.8 Å². The smallest absolute Gasteiger partial charge is 0.338 e. The van der Waals surface area contributed by atoms with Crippen molar-refractivity contribution < 1.29 is 19.0 Å².